The Kier molecular flexibility index (Phi) is 7.99. The molecule has 2 rings (SSSR count). The van der Waals surface area contributed by atoms with Crippen molar-refractivity contribution in [2.24, 2.45) is 5.92 Å². The third-order valence-electron chi connectivity index (χ3n) is 4.99. The lowest BCUT2D eigenvalue weighted by molar-refractivity contribution is -0.159. The molecule has 0 radical (unpaired) electrons. The van der Waals surface area contributed by atoms with Gasteiger partial charge in [-0.1, -0.05) is 49.4 Å². The highest BCUT2D eigenvalue weighted by Gasteiger charge is 2.36. The molecule has 1 aromatic carbocycles. The molecule has 0 spiro atoms. The SMILES string of the molecule is C=C1CN[C@H]([C@H](OC)[C@@H](C)C(=O)NC(Cc2ccccc2)C(=O)OC(C)(C)C)C1. The molecule has 6 nitrogen and oxygen atoms in total. The number of esters is 1. The topological polar surface area (TPSA) is 76.7 Å². The van der Waals surface area contributed by atoms with Crippen LogP contribution in [0.2, 0.25) is 0 Å². The molecule has 2 N–H and O–H groups in total. The van der Waals surface area contributed by atoms with Crippen molar-refractivity contribution < 1.29 is 19.1 Å². The van der Waals surface area contributed by atoms with Crippen LogP contribution in [-0.2, 0) is 25.5 Å². The van der Waals surface area contributed by atoms with E-state index in [-0.39, 0.29) is 18.1 Å². The predicted octanol–water partition coefficient (Wildman–Crippen LogP) is 2.62. The van der Waals surface area contributed by atoms with E-state index in [2.05, 4.69) is 17.2 Å². The van der Waals surface area contributed by atoms with Gasteiger partial charge in [0.05, 0.1) is 12.0 Å². The van der Waals surface area contributed by atoms with Gasteiger partial charge in [0.15, 0.2) is 0 Å². The Bertz CT molecular complexity index is 711. The highest BCUT2D eigenvalue weighted by atomic mass is 16.6. The van der Waals surface area contributed by atoms with E-state index in [1.807, 2.05) is 58.0 Å². The molecule has 1 heterocycles. The number of hydrogen-bond donors (Lipinski definition) is 2. The molecule has 0 aromatic heterocycles. The van der Waals surface area contributed by atoms with Crippen molar-refractivity contribution in [2.45, 2.75) is 64.3 Å². The molecule has 0 bridgehead atoms. The van der Waals surface area contributed by atoms with Crippen molar-refractivity contribution in [1.29, 1.82) is 0 Å². The minimum absolute atomic E-state index is 0.0300. The fourth-order valence-corrected chi connectivity index (χ4v) is 3.55. The Labute approximate surface area is 174 Å². The molecule has 1 amide bonds. The molecule has 1 saturated heterocycles. The molecule has 6 heteroatoms. The zero-order valence-corrected chi connectivity index (χ0v) is 18.2. The van der Waals surface area contributed by atoms with Crippen molar-refractivity contribution in [2.75, 3.05) is 13.7 Å². The van der Waals surface area contributed by atoms with E-state index in [0.717, 1.165) is 24.1 Å². The first-order valence-electron chi connectivity index (χ1n) is 10.1. The lowest BCUT2D eigenvalue weighted by Crippen LogP contribution is -2.51. The van der Waals surface area contributed by atoms with Gasteiger partial charge in [-0.05, 0) is 32.8 Å². The van der Waals surface area contributed by atoms with Gasteiger partial charge in [0, 0.05) is 26.1 Å². The summed E-state index contributed by atoms with van der Waals surface area (Å²) >= 11 is 0. The second-order valence-electron chi connectivity index (χ2n) is 8.71. The number of amides is 1. The summed E-state index contributed by atoms with van der Waals surface area (Å²) in [6.45, 7) is 12.0. The summed E-state index contributed by atoms with van der Waals surface area (Å²) < 4.78 is 11.2. The minimum atomic E-state index is -0.768. The van der Waals surface area contributed by atoms with Gasteiger partial charge >= 0.3 is 5.97 Å². The first-order valence-corrected chi connectivity index (χ1v) is 10.1. The fraction of sp³-hybridized carbons (Fsp3) is 0.565. The molecular weight excluding hydrogens is 368 g/mol. The number of hydrogen-bond acceptors (Lipinski definition) is 5. The summed E-state index contributed by atoms with van der Waals surface area (Å²) in [6.07, 6.45) is 0.824. The molecule has 0 aliphatic carbocycles. The second kappa shape index (κ2) is 10.0. The monoisotopic (exact) mass is 402 g/mol. The largest absolute Gasteiger partial charge is 0.458 e. The highest BCUT2D eigenvalue weighted by Crippen LogP contribution is 2.22. The van der Waals surface area contributed by atoms with Crippen molar-refractivity contribution in [1.82, 2.24) is 10.6 Å². The minimum Gasteiger partial charge on any atom is -0.458 e. The van der Waals surface area contributed by atoms with Gasteiger partial charge < -0.3 is 20.1 Å². The first-order chi connectivity index (χ1) is 13.6. The van der Waals surface area contributed by atoms with E-state index in [4.69, 9.17) is 9.47 Å². The molecule has 1 aliphatic heterocycles. The van der Waals surface area contributed by atoms with Crippen LogP contribution >= 0.6 is 0 Å². The number of carbonyl (C=O) groups excluding carboxylic acids is 2. The number of methoxy groups -OCH3 is 1. The quantitative estimate of drug-likeness (QED) is 0.516. The van der Waals surface area contributed by atoms with Crippen molar-refractivity contribution in [3.8, 4) is 0 Å². The van der Waals surface area contributed by atoms with Gasteiger partial charge in [0.2, 0.25) is 5.91 Å². The number of rotatable bonds is 8. The van der Waals surface area contributed by atoms with Gasteiger partial charge in [-0.15, -0.1) is 0 Å². The Morgan fingerprint density at radius 3 is 2.45 bits per heavy atom. The van der Waals surface area contributed by atoms with Crippen LogP contribution in [0, 0.1) is 5.92 Å². The Morgan fingerprint density at radius 2 is 1.93 bits per heavy atom. The van der Waals surface area contributed by atoms with E-state index >= 15 is 0 Å². The van der Waals surface area contributed by atoms with Gasteiger partial charge in [0.1, 0.15) is 11.6 Å². The molecule has 29 heavy (non-hydrogen) atoms. The zero-order valence-electron chi connectivity index (χ0n) is 18.2. The average molecular weight is 403 g/mol. The molecule has 160 valence electrons. The number of benzene rings is 1. The molecule has 1 aromatic rings. The van der Waals surface area contributed by atoms with Gasteiger partial charge in [-0.3, -0.25) is 4.79 Å². The number of ether oxygens (including phenoxy) is 2. The third-order valence-corrected chi connectivity index (χ3v) is 4.99. The van der Waals surface area contributed by atoms with Gasteiger partial charge in [0.25, 0.3) is 0 Å². The normalized spacial score (nSPS) is 20.0. The van der Waals surface area contributed by atoms with Crippen LogP contribution in [0.5, 0.6) is 0 Å². The van der Waals surface area contributed by atoms with E-state index in [1.165, 1.54) is 0 Å². The molecule has 4 atom stereocenters. The molecule has 0 saturated carbocycles. The average Bonchev–Trinajstić information content (AvgIpc) is 3.07. The summed E-state index contributed by atoms with van der Waals surface area (Å²) in [4.78, 5) is 25.8. The van der Waals surface area contributed by atoms with Crippen molar-refractivity contribution >= 4 is 11.9 Å². The molecule has 1 aliphatic rings. The summed E-state index contributed by atoms with van der Waals surface area (Å²) in [7, 11) is 1.60. The third kappa shape index (κ3) is 6.98. The van der Waals surface area contributed by atoms with Gasteiger partial charge in [-0.2, -0.15) is 0 Å². The van der Waals surface area contributed by atoms with Gasteiger partial charge in [-0.25, -0.2) is 4.79 Å². The van der Waals surface area contributed by atoms with Crippen LogP contribution in [0.25, 0.3) is 0 Å². The second-order valence-corrected chi connectivity index (χ2v) is 8.71. The van der Waals surface area contributed by atoms with E-state index in [0.29, 0.717) is 6.42 Å². The van der Waals surface area contributed by atoms with Crippen LogP contribution in [-0.4, -0.2) is 49.3 Å². The molecule has 1 unspecified atom stereocenters. The van der Waals surface area contributed by atoms with E-state index in [9.17, 15) is 9.59 Å². The number of carbonyl (C=O) groups is 2. The highest BCUT2D eigenvalue weighted by molar-refractivity contribution is 5.86. The Hall–Kier alpha value is -2.18. The molecular formula is C23H34N2O4. The van der Waals surface area contributed by atoms with E-state index in [1.54, 1.807) is 7.11 Å². The van der Waals surface area contributed by atoms with E-state index < -0.39 is 23.5 Å². The summed E-state index contributed by atoms with van der Waals surface area (Å²) in [5, 5.41) is 6.24. The van der Waals surface area contributed by atoms with Crippen LogP contribution in [0.4, 0.5) is 0 Å². The Morgan fingerprint density at radius 1 is 1.28 bits per heavy atom. The summed E-state index contributed by atoms with van der Waals surface area (Å²) in [5.74, 6) is -1.12. The number of nitrogens with one attached hydrogen (secondary N) is 2. The standard InChI is InChI=1S/C23H34N2O4/c1-15-12-18(24-14-15)20(28-6)16(2)21(26)25-19(22(27)29-23(3,4)5)13-17-10-8-7-9-11-17/h7-11,16,18-20,24H,1,12-14H2,2-6H3,(H,25,26)/t16-,18+,19?,20-/m1/s1. The first kappa shape index (κ1) is 23.1. The zero-order chi connectivity index (χ0) is 21.6. The van der Waals surface area contributed by atoms with Crippen molar-refractivity contribution in [3.63, 3.8) is 0 Å². The fourth-order valence-electron chi connectivity index (χ4n) is 3.55. The summed E-state index contributed by atoms with van der Waals surface area (Å²) in [6, 6.07) is 8.85. The predicted molar refractivity (Wildman–Crippen MR) is 113 cm³/mol. The molecule has 1 fully saturated rings. The maximum absolute atomic E-state index is 13.0. The van der Waals surface area contributed by atoms with Crippen LogP contribution in [0.3, 0.4) is 0 Å². The lowest BCUT2D eigenvalue weighted by atomic mass is 9.94. The maximum Gasteiger partial charge on any atom is 0.329 e. The Balaban J connectivity index is 2.11. The lowest BCUT2D eigenvalue weighted by Gasteiger charge is -2.29. The smallest absolute Gasteiger partial charge is 0.329 e. The maximum atomic E-state index is 13.0. The van der Waals surface area contributed by atoms with Crippen LogP contribution in [0.1, 0.15) is 39.7 Å². The van der Waals surface area contributed by atoms with Crippen LogP contribution < -0.4 is 10.6 Å². The summed E-state index contributed by atoms with van der Waals surface area (Å²) in [5.41, 5.74) is 1.42. The van der Waals surface area contributed by atoms with Crippen LogP contribution in [0.15, 0.2) is 42.5 Å². The van der Waals surface area contributed by atoms with Crippen molar-refractivity contribution in [3.05, 3.63) is 48.0 Å².